The minimum Gasteiger partial charge on any atom is -0.502 e. The molecule has 0 spiro atoms. The van der Waals surface area contributed by atoms with Gasteiger partial charge < -0.3 is 41.6 Å². The average Bonchev–Trinajstić information content (AvgIpc) is 3.55. The van der Waals surface area contributed by atoms with Crippen molar-refractivity contribution < 1.29 is 33.8 Å². The summed E-state index contributed by atoms with van der Waals surface area (Å²) < 4.78 is 10.4. The Morgan fingerprint density at radius 3 is 1.91 bits per heavy atom. The SMILES string of the molecule is COc1cc(C[C@H](N)C(=O)N2CCC[C@H]2C(=O)N[C@@H](Cc2ccccc2)C(=O)N[C@@H](Cc2ccccc2)C(N)=O)cc(OC)c1O. The molecule has 12 heteroatoms. The van der Waals surface area contributed by atoms with Crippen molar-refractivity contribution in [3.8, 4) is 17.2 Å². The van der Waals surface area contributed by atoms with Crippen LogP contribution >= 0.6 is 0 Å². The van der Waals surface area contributed by atoms with E-state index in [0.29, 0.717) is 24.9 Å². The molecule has 0 radical (unpaired) electrons. The van der Waals surface area contributed by atoms with Crippen molar-refractivity contribution in [1.29, 1.82) is 0 Å². The number of nitrogens with two attached hydrogens (primary N) is 2. The van der Waals surface area contributed by atoms with Crippen molar-refractivity contribution in [3.05, 3.63) is 89.5 Å². The highest BCUT2D eigenvalue weighted by Crippen LogP contribution is 2.37. The largest absolute Gasteiger partial charge is 0.502 e. The number of nitrogens with one attached hydrogen (secondary N) is 2. The van der Waals surface area contributed by atoms with Crippen molar-refractivity contribution in [3.63, 3.8) is 0 Å². The summed E-state index contributed by atoms with van der Waals surface area (Å²) >= 11 is 0. The molecule has 3 aromatic rings. The molecule has 0 saturated carbocycles. The van der Waals surface area contributed by atoms with Gasteiger partial charge >= 0.3 is 0 Å². The fraction of sp³-hybridized carbons (Fsp3) is 0.353. The van der Waals surface area contributed by atoms with Gasteiger partial charge in [-0.25, -0.2) is 0 Å². The lowest BCUT2D eigenvalue weighted by molar-refractivity contribution is -0.140. The number of hydrogen-bond donors (Lipinski definition) is 5. The molecule has 244 valence electrons. The molecule has 0 bridgehead atoms. The Labute approximate surface area is 268 Å². The second-order valence-corrected chi connectivity index (χ2v) is 11.3. The van der Waals surface area contributed by atoms with E-state index in [0.717, 1.165) is 11.1 Å². The zero-order valence-electron chi connectivity index (χ0n) is 26.0. The smallest absolute Gasteiger partial charge is 0.243 e. The predicted molar refractivity (Wildman–Crippen MR) is 171 cm³/mol. The van der Waals surface area contributed by atoms with Gasteiger partial charge in [-0.05, 0) is 48.1 Å². The number of likely N-dealkylation sites (tertiary alicyclic amines) is 1. The lowest BCUT2D eigenvalue weighted by Crippen LogP contribution is -2.58. The topological polar surface area (TPSA) is 186 Å². The highest BCUT2D eigenvalue weighted by Gasteiger charge is 2.38. The second kappa shape index (κ2) is 15.8. The Kier molecular flexibility index (Phi) is 11.6. The summed E-state index contributed by atoms with van der Waals surface area (Å²) in [6.45, 7) is 0.323. The van der Waals surface area contributed by atoms with Gasteiger partial charge in [-0.2, -0.15) is 0 Å². The molecule has 0 aliphatic carbocycles. The quantitative estimate of drug-likeness (QED) is 0.176. The van der Waals surface area contributed by atoms with E-state index in [1.165, 1.54) is 19.1 Å². The lowest BCUT2D eigenvalue weighted by atomic mass is 10.0. The van der Waals surface area contributed by atoms with Gasteiger partial charge in [0.15, 0.2) is 11.5 Å². The van der Waals surface area contributed by atoms with Crippen molar-refractivity contribution in [2.75, 3.05) is 20.8 Å². The second-order valence-electron chi connectivity index (χ2n) is 11.3. The summed E-state index contributed by atoms with van der Waals surface area (Å²) in [6.07, 6.45) is 1.41. The van der Waals surface area contributed by atoms with E-state index < -0.39 is 47.8 Å². The molecule has 4 amide bonds. The highest BCUT2D eigenvalue weighted by molar-refractivity contribution is 5.95. The van der Waals surface area contributed by atoms with Crippen molar-refractivity contribution >= 4 is 23.6 Å². The fourth-order valence-corrected chi connectivity index (χ4v) is 5.59. The summed E-state index contributed by atoms with van der Waals surface area (Å²) in [5, 5.41) is 15.8. The molecule has 3 aromatic carbocycles. The van der Waals surface area contributed by atoms with E-state index in [-0.39, 0.29) is 36.5 Å². The molecule has 4 atom stereocenters. The van der Waals surface area contributed by atoms with Gasteiger partial charge in [0.1, 0.15) is 18.1 Å². The van der Waals surface area contributed by atoms with Gasteiger partial charge in [-0.15, -0.1) is 0 Å². The Balaban J connectivity index is 1.48. The molecule has 0 aromatic heterocycles. The van der Waals surface area contributed by atoms with Gasteiger partial charge in [0, 0.05) is 19.4 Å². The molecule has 7 N–H and O–H groups in total. The molecule has 1 heterocycles. The van der Waals surface area contributed by atoms with Crippen LogP contribution in [0.5, 0.6) is 17.2 Å². The van der Waals surface area contributed by atoms with Gasteiger partial charge in [-0.1, -0.05) is 60.7 Å². The number of phenolic OH excluding ortho intramolecular Hbond substituents is 1. The van der Waals surface area contributed by atoms with Gasteiger partial charge in [-0.3, -0.25) is 19.2 Å². The van der Waals surface area contributed by atoms with Crippen LogP contribution in [0.3, 0.4) is 0 Å². The van der Waals surface area contributed by atoms with E-state index >= 15 is 0 Å². The molecule has 1 fully saturated rings. The Morgan fingerprint density at radius 1 is 0.848 bits per heavy atom. The first-order valence-corrected chi connectivity index (χ1v) is 15.1. The number of carbonyl (C=O) groups is 4. The number of rotatable bonds is 14. The number of benzene rings is 3. The average molecular weight is 632 g/mol. The summed E-state index contributed by atoms with van der Waals surface area (Å²) in [6, 6.07) is 17.6. The van der Waals surface area contributed by atoms with Crippen LogP contribution in [-0.4, -0.2) is 78.6 Å². The molecule has 46 heavy (non-hydrogen) atoms. The predicted octanol–water partition coefficient (Wildman–Crippen LogP) is 1.21. The maximum atomic E-state index is 13.7. The standard InChI is InChI=1S/C34H41N5O7/c1-45-28-19-23(20-29(46-2)30(28)40)16-24(35)34(44)39-15-9-14-27(39)33(43)38-26(18-22-12-7-4-8-13-22)32(42)37-25(31(36)41)17-21-10-5-3-6-11-21/h3-8,10-13,19-20,24-27,40H,9,14-18,35H2,1-2H3,(H2,36,41)(H,37,42)(H,38,43)/t24-,25-,26-,27-/m0/s1. The number of amides is 4. The van der Waals surface area contributed by atoms with E-state index in [2.05, 4.69) is 10.6 Å². The first kappa shape index (κ1) is 33.8. The molecule has 1 saturated heterocycles. The number of aromatic hydroxyl groups is 1. The van der Waals surface area contributed by atoms with Crippen LogP contribution in [-0.2, 0) is 38.4 Å². The number of nitrogens with zero attached hydrogens (tertiary/aromatic N) is 1. The van der Waals surface area contributed by atoms with Crippen LogP contribution in [0.4, 0.5) is 0 Å². The number of hydrogen-bond acceptors (Lipinski definition) is 8. The number of methoxy groups -OCH3 is 2. The molecular formula is C34H41N5O7. The van der Waals surface area contributed by atoms with Crippen LogP contribution in [0.2, 0.25) is 0 Å². The monoisotopic (exact) mass is 631 g/mol. The maximum absolute atomic E-state index is 13.7. The number of primary amides is 1. The van der Waals surface area contributed by atoms with E-state index in [4.69, 9.17) is 20.9 Å². The number of carbonyl (C=O) groups excluding carboxylic acids is 4. The van der Waals surface area contributed by atoms with Crippen molar-refractivity contribution in [1.82, 2.24) is 15.5 Å². The Morgan fingerprint density at radius 2 is 1.39 bits per heavy atom. The third kappa shape index (κ3) is 8.54. The third-order valence-corrected chi connectivity index (χ3v) is 8.01. The fourth-order valence-electron chi connectivity index (χ4n) is 5.59. The van der Waals surface area contributed by atoms with Crippen LogP contribution in [0.15, 0.2) is 72.8 Å². The third-order valence-electron chi connectivity index (χ3n) is 8.01. The maximum Gasteiger partial charge on any atom is 0.243 e. The lowest BCUT2D eigenvalue weighted by Gasteiger charge is -2.29. The summed E-state index contributed by atoms with van der Waals surface area (Å²) in [5.74, 6) is -2.01. The van der Waals surface area contributed by atoms with Crippen LogP contribution in [0.25, 0.3) is 0 Å². The van der Waals surface area contributed by atoms with Crippen LogP contribution < -0.4 is 31.6 Å². The van der Waals surface area contributed by atoms with Gasteiger partial charge in [0.2, 0.25) is 29.4 Å². The van der Waals surface area contributed by atoms with Gasteiger partial charge in [0.05, 0.1) is 20.3 Å². The Bertz CT molecular complexity index is 1490. The minimum atomic E-state index is -1.05. The molecule has 4 rings (SSSR count). The van der Waals surface area contributed by atoms with Crippen LogP contribution in [0.1, 0.15) is 29.5 Å². The van der Waals surface area contributed by atoms with Crippen molar-refractivity contribution in [2.45, 2.75) is 56.3 Å². The minimum absolute atomic E-state index is 0.103. The molecule has 12 nitrogen and oxygen atoms in total. The number of phenols is 1. The zero-order valence-corrected chi connectivity index (χ0v) is 26.0. The summed E-state index contributed by atoms with van der Waals surface area (Å²) in [7, 11) is 2.80. The van der Waals surface area contributed by atoms with E-state index in [9.17, 15) is 24.3 Å². The molecular weight excluding hydrogens is 590 g/mol. The highest BCUT2D eigenvalue weighted by atomic mass is 16.5. The van der Waals surface area contributed by atoms with Crippen LogP contribution in [0, 0.1) is 0 Å². The molecule has 1 aliphatic heterocycles. The van der Waals surface area contributed by atoms with E-state index in [1.807, 2.05) is 60.7 Å². The molecule has 0 unspecified atom stereocenters. The Hall–Kier alpha value is -5.10. The molecule has 1 aliphatic rings. The zero-order chi connectivity index (χ0) is 33.2. The first-order valence-electron chi connectivity index (χ1n) is 15.1. The van der Waals surface area contributed by atoms with Crippen molar-refractivity contribution in [2.24, 2.45) is 11.5 Å². The summed E-state index contributed by atoms with van der Waals surface area (Å²) in [5.41, 5.74) is 14.2. The van der Waals surface area contributed by atoms with Gasteiger partial charge in [0.25, 0.3) is 0 Å². The van der Waals surface area contributed by atoms with E-state index in [1.54, 1.807) is 12.1 Å². The normalized spacial score (nSPS) is 16.2. The first-order chi connectivity index (χ1) is 22.1. The summed E-state index contributed by atoms with van der Waals surface area (Å²) in [4.78, 5) is 54.5. The number of ether oxygens (including phenoxy) is 2.